The summed E-state index contributed by atoms with van der Waals surface area (Å²) < 4.78 is 28.2. The molecule has 1 N–H and O–H groups in total. The van der Waals surface area contributed by atoms with E-state index in [0.717, 1.165) is 34.1 Å². The van der Waals surface area contributed by atoms with Crippen molar-refractivity contribution >= 4 is 34.8 Å². The fraction of sp³-hybridized carbons (Fsp3) is 0.559. The van der Waals surface area contributed by atoms with Crippen LogP contribution in [0.25, 0.3) is 16.8 Å². The molecule has 2 amide bonds. The molecule has 10 heteroatoms. The number of methoxy groups -OCH3 is 3. The van der Waals surface area contributed by atoms with Gasteiger partial charge in [0.15, 0.2) is 0 Å². The number of alkyl carbamates (subject to hydrolysis) is 1. The van der Waals surface area contributed by atoms with Gasteiger partial charge in [0.25, 0.3) is 0 Å². The van der Waals surface area contributed by atoms with E-state index in [2.05, 4.69) is 43.4 Å². The zero-order chi connectivity index (χ0) is 31.5. The van der Waals surface area contributed by atoms with Crippen LogP contribution >= 0.6 is 0 Å². The number of rotatable bonds is 4. The summed E-state index contributed by atoms with van der Waals surface area (Å²) in [5.41, 5.74) is 0.650. The molecule has 238 valence electrons. The quantitative estimate of drug-likeness (QED) is 0.492. The van der Waals surface area contributed by atoms with Crippen molar-refractivity contribution < 1.29 is 38.1 Å². The summed E-state index contributed by atoms with van der Waals surface area (Å²) in [5.74, 6) is -0.315. The number of amides is 2. The average molecular weight is 609 g/mol. The van der Waals surface area contributed by atoms with Crippen LogP contribution in [-0.4, -0.2) is 82.6 Å². The first-order chi connectivity index (χ1) is 21.1. The zero-order valence-electron chi connectivity index (χ0n) is 26.4. The monoisotopic (exact) mass is 608 g/mol. The third kappa shape index (κ3) is 6.56. The van der Waals surface area contributed by atoms with Crippen molar-refractivity contribution in [1.82, 2.24) is 10.2 Å². The molecule has 0 spiro atoms. The van der Waals surface area contributed by atoms with Crippen LogP contribution in [0.3, 0.4) is 0 Å². The van der Waals surface area contributed by atoms with Gasteiger partial charge in [-0.15, -0.1) is 0 Å². The van der Waals surface area contributed by atoms with E-state index < -0.39 is 29.7 Å². The molecule has 3 aliphatic heterocycles. The van der Waals surface area contributed by atoms with Gasteiger partial charge < -0.3 is 33.9 Å². The van der Waals surface area contributed by atoms with Gasteiger partial charge in [0.2, 0.25) is 5.91 Å². The Kier molecular flexibility index (Phi) is 9.51. The van der Waals surface area contributed by atoms with E-state index in [1.54, 1.807) is 14.2 Å². The van der Waals surface area contributed by atoms with Crippen molar-refractivity contribution in [2.24, 2.45) is 11.3 Å². The highest BCUT2D eigenvalue weighted by atomic mass is 16.5. The number of hydrogen-bond acceptors (Lipinski definition) is 8. The number of benzene rings is 2. The molecule has 2 fully saturated rings. The molecular formula is C34H44N2O8. The third-order valence-electron chi connectivity index (χ3n) is 9.44. The molecule has 2 aromatic rings. The Morgan fingerprint density at radius 1 is 1.02 bits per heavy atom. The maximum Gasteiger partial charge on any atom is 0.407 e. The normalized spacial score (nSPS) is 26.5. The minimum atomic E-state index is -0.980. The van der Waals surface area contributed by atoms with E-state index in [1.807, 2.05) is 18.2 Å². The molecule has 0 radical (unpaired) electrons. The van der Waals surface area contributed by atoms with E-state index in [1.165, 1.54) is 12.0 Å². The van der Waals surface area contributed by atoms with E-state index in [-0.39, 0.29) is 36.8 Å². The summed E-state index contributed by atoms with van der Waals surface area (Å²) in [4.78, 5) is 42.2. The van der Waals surface area contributed by atoms with Crippen molar-refractivity contribution in [2.75, 3.05) is 47.7 Å². The van der Waals surface area contributed by atoms with Crippen molar-refractivity contribution in [2.45, 2.75) is 63.6 Å². The number of cyclic esters (lactones) is 1. The van der Waals surface area contributed by atoms with E-state index in [9.17, 15) is 14.4 Å². The van der Waals surface area contributed by atoms with Crippen molar-refractivity contribution in [3.05, 3.63) is 47.5 Å². The molecule has 3 heterocycles. The summed E-state index contributed by atoms with van der Waals surface area (Å²) >= 11 is 0. The van der Waals surface area contributed by atoms with E-state index >= 15 is 0 Å². The first kappa shape index (κ1) is 31.8. The van der Waals surface area contributed by atoms with Gasteiger partial charge in [-0.2, -0.15) is 0 Å². The number of hydrogen-bond donors (Lipinski definition) is 1. The standard InChI is InChI=1S/C34H44N2O8/c1-33(2)12-6-7-24-17-25-18-26(9-8-23(25)19-28(24)40-3)34(42-5)20-27(31(38)41-4)36(21-34)30(37)29(22-10-14-43-15-11-22)35-32(39)44-16-13-33/h6-9,17-19,22,27,29H,10-16,20-21H2,1-5H3,(H,35,39)/t27-,29-,34-/m0/s1. The molecule has 0 aromatic heterocycles. The number of allylic oxidation sites excluding steroid dienone is 1. The molecular weight excluding hydrogens is 564 g/mol. The lowest BCUT2D eigenvalue weighted by molar-refractivity contribution is -0.152. The Bertz CT molecular complexity index is 1420. The predicted octanol–water partition coefficient (Wildman–Crippen LogP) is 4.82. The Hall–Kier alpha value is -3.63. The van der Waals surface area contributed by atoms with Gasteiger partial charge in [-0.1, -0.05) is 38.1 Å². The molecule has 5 rings (SSSR count). The first-order valence-electron chi connectivity index (χ1n) is 15.3. The zero-order valence-corrected chi connectivity index (χ0v) is 26.4. The molecule has 2 aromatic carbocycles. The predicted molar refractivity (Wildman–Crippen MR) is 165 cm³/mol. The largest absolute Gasteiger partial charge is 0.496 e. The lowest BCUT2D eigenvalue weighted by atomic mass is 9.85. The maximum absolute atomic E-state index is 14.4. The highest BCUT2D eigenvalue weighted by Gasteiger charge is 2.52. The molecule has 44 heavy (non-hydrogen) atoms. The van der Waals surface area contributed by atoms with Crippen LogP contribution in [0.2, 0.25) is 0 Å². The van der Waals surface area contributed by atoms with E-state index in [4.69, 9.17) is 23.7 Å². The SMILES string of the molecule is COC(=O)[C@@H]1C[C@]2(OC)CN1C(=O)[C@H](C1CCOCC1)NC(=O)OCCC(C)(C)CC=Cc1cc3cc2ccc3cc1OC. The summed E-state index contributed by atoms with van der Waals surface area (Å²) in [6, 6.07) is 8.34. The second-order valence-electron chi connectivity index (χ2n) is 12.8. The lowest BCUT2D eigenvalue weighted by Crippen LogP contribution is -2.56. The molecule has 0 unspecified atom stereocenters. The van der Waals surface area contributed by atoms with E-state index in [0.29, 0.717) is 32.5 Å². The fourth-order valence-corrected chi connectivity index (χ4v) is 6.61. The van der Waals surface area contributed by atoms with Gasteiger partial charge in [0.05, 0.1) is 27.4 Å². The summed E-state index contributed by atoms with van der Waals surface area (Å²) in [6.07, 6.45) is 6.31. The van der Waals surface area contributed by atoms with Crippen LogP contribution in [0.15, 0.2) is 36.4 Å². The molecule has 0 aliphatic carbocycles. The molecule has 3 atom stereocenters. The smallest absolute Gasteiger partial charge is 0.407 e. The van der Waals surface area contributed by atoms with Crippen LogP contribution in [0, 0.1) is 11.3 Å². The number of fused-ring (bicyclic) bond motifs is 5. The van der Waals surface area contributed by atoms with Crippen LogP contribution in [0.4, 0.5) is 4.79 Å². The van der Waals surface area contributed by atoms with Gasteiger partial charge in [0, 0.05) is 32.3 Å². The Labute approximate surface area is 259 Å². The average Bonchev–Trinajstić information content (AvgIpc) is 3.43. The number of carbonyl (C=O) groups is 3. The first-order valence-corrected chi connectivity index (χ1v) is 15.3. The minimum absolute atomic E-state index is 0.112. The molecule has 0 saturated carbocycles. The van der Waals surface area contributed by atoms with Crippen LogP contribution in [0.5, 0.6) is 5.75 Å². The van der Waals surface area contributed by atoms with Crippen LogP contribution in [0.1, 0.15) is 57.1 Å². The number of nitrogens with one attached hydrogen (secondary N) is 1. The van der Waals surface area contributed by atoms with Gasteiger partial charge in [-0.3, -0.25) is 4.79 Å². The third-order valence-corrected chi connectivity index (χ3v) is 9.44. The molecule has 10 nitrogen and oxygen atoms in total. The molecule has 2 saturated heterocycles. The van der Waals surface area contributed by atoms with Crippen molar-refractivity contribution in [3.63, 3.8) is 0 Å². The minimum Gasteiger partial charge on any atom is -0.496 e. The Morgan fingerprint density at radius 2 is 1.80 bits per heavy atom. The van der Waals surface area contributed by atoms with Gasteiger partial charge in [-0.05, 0) is 71.6 Å². The number of ether oxygens (including phenoxy) is 5. The molecule has 3 aliphatic rings. The molecule has 5 bridgehead atoms. The van der Waals surface area contributed by atoms with Gasteiger partial charge in [0.1, 0.15) is 23.4 Å². The number of esters is 1. The number of carbonyl (C=O) groups excluding carboxylic acids is 3. The maximum atomic E-state index is 14.4. The summed E-state index contributed by atoms with van der Waals surface area (Å²) in [5, 5.41) is 4.84. The topological polar surface area (TPSA) is 113 Å². The fourth-order valence-electron chi connectivity index (χ4n) is 6.61. The second kappa shape index (κ2) is 13.2. The van der Waals surface area contributed by atoms with Crippen LogP contribution < -0.4 is 10.1 Å². The van der Waals surface area contributed by atoms with Crippen molar-refractivity contribution in [1.29, 1.82) is 0 Å². The Morgan fingerprint density at radius 3 is 2.50 bits per heavy atom. The van der Waals surface area contributed by atoms with Gasteiger partial charge >= 0.3 is 12.1 Å². The second-order valence-corrected chi connectivity index (χ2v) is 12.8. The number of nitrogens with zero attached hydrogens (tertiary/aromatic N) is 1. The van der Waals surface area contributed by atoms with Crippen molar-refractivity contribution in [3.8, 4) is 5.75 Å². The summed E-state index contributed by atoms with van der Waals surface area (Å²) in [6.45, 7) is 5.53. The Balaban J connectivity index is 1.61. The summed E-state index contributed by atoms with van der Waals surface area (Å²) in [7, 11) is 4.57. The highest BCUT2D eigenvalue weighted by Crippen LogP contribution is 2.42. The lowest BCUT2D eigenvalue weighted by Gasteiger charge is -2.34. The van der Waals surface area contributed by atoms with Gasteiger partial charge in [-0.25, -0.2) is 9.59 Å². The van der Waals surface area contributed by atoms with Crippen LogP contribution in [-0.2, 0) is 34.1 Å². The highest BCUT2D eigenvalue weighted by molar-refractivity contribution is 5.91.